The van der Waals surface area contributed by atoms with Crippen LogP contribution in [0.25, 0.3) is 0 Å². The van der Waals surface area contributed by atoms with Gasteiger partial charge >= 0.3 is 0 Å². The topological polar surface area (TPSA) is 44.7 Å². The maximum Gasteiger partial charge on any atom is 0.105 e. The third kappa shape index (κ3) is 6.69. The number of hydrogen-bond acceptors (Lipinski definition) is 4. The highest BCUT2D eigenvalue weighted by atomic mass is 16.5. The van der Waals surface area contributed by atoms with E-state index in [0.29, 0.717) is 12.0 Å². The number of ether oxygens (including phenoxy) is 1. The molecule has 2 fully saturated rings. The summed E-state index contributed by atoms with van der Waals surface area (Å²) in [5.41, 5.74) is 0.233. The van der Waals surface area contributed by atoms with E-state index in [-0.39, 0.29) is 17.9 Å². The second-order valence-corrected chi connectivity index (χ2v) is 6.78. The summed E-state index contributed by atoms with van der Waals surface area (Å²) in [7, 11) is 1.75. The van der Waals surface area contributed by atoms with Gasteiger partial charge in [-0.3, -0.25) is 10.2 Å². The number of likely N-dealkylation sites (tertiary alicyclic amines) is 1. The third-order valence-electron chi connectivity index (χ3n) is 5.25. The van der Waals surface area contributed by atoms with Gasteiger partial charge in [0.2, 0.25) is 0 Å². The Kier molecular flexibility index (Phi) is 11.3. The molecule has 23 heavy (non-hydrogen) atoms. The van der Waals surface area contributed by atoms with Crippen molar-refractivity contribution < 1.29 is 9.84 Å². The monoisotopic (exact) mass is 330 g/mol. The molecular formula is C19H42N2O2. The quantitative estimate of drug-likeness (QED) is 0.756. The Hall–Kier alpha value is -0.160. The van der Waals surface area contributed by atoms with Gasteiger partial charge in [0, 0.05) is 31.8 Å². The molecule has 1 heterocycles. The second kappa shape index (κ2) is 11.4. The normalized spacial score (nSPS) is 27.0. The molecule has 0 aromatic heterocycles. The van der Waals surface area contributed by atoms with Crippen LogP contribution in [0.4, 0.5) is 0 Å². The summed E-state index contributed by atoms with van der Waals surface area (Å²) in [5, 5.41) is 13.0. The Balaban J connectivity index is 0.00000112. The summed E-state index contributed by atoms with van der Waals surface area (Å²) in [6.45, 7) is 17.0. The van der Waals surface area contributed by atoms with Crippen molar-refractivity contribution in [2.24, 2.45) is 5.92 Å². The van der Waals surface area contributed by atoms with E-state index in [1.54, 1.807) is 7.11 Å². The molecule has 1 saturated carbocycles. The molecule has 1 unspecified atom stereocenters. The number of rotatable bonds is 5. The van der Waals surface area contributed by atoms with E-state index >= 15 is 0 Å². The van der Waals surface area contributed by atoms with Crippen LogP contribution in [-0.2, 0) is 4.74 Å². The summed E-state index contributed by atoms with van der Waals surface area (Å²) < 4.78 is 5.27. The minimum absolute atomic E-state index is 0.0500. The van der Waals surface area contributed by atoms with Gasteiger partial charge < -0.3 is 9.84 Å². The molecule has 1 saturated heterocycles. The SMILES string of the molecule is CC.CC.COC(C)NC1CCN(C(C)(C)C2CC(O)C2)CC1. The lowest BCUT2D eigenvalue weighted by molar-refractivity contribution is -0.0569. The van der Waals surface area contributed by atoms with Gasteiger partial charge in [-0.1, -0.05) is 27.7 Å². The first-order valence-corrected chi connectivity index (χ1v) is 9.65. The molecular weight excluding hydrogens is 288 g/mol. The average molecular weight is 331 g/mol. The fraction of sp³-hybridized carbons (Fsp3) is 1.00. The van der Waals surface area contributed by atoms with Gasteiger partial charge in [-0.15, -0.1) is 0 Å². The predicted octanol–water partition coefficient (Wildman–Crippen LogP) is 3.63. The maximum absolute atomic E-state index is 9.51. The van der Waals surface area contributed by atoms with E-state index in [1.165, 1.54) is 12.8 Å². The molecule has 0 spiro atoms. The molecule has 0 bridgehead atoms. The van der Waals surface area contributed by atoms with Crippen LogP contribution in [0.15, 0.2) is 0 Å². The Morgan fingerprint density at radius 2 is 1.57 bits per heavy atom. The van der Waals surface area contributed by atoms with E-state index in [0.717, 1.165) is 25.9 Å². The van der Waals surface area contributed by atoms with E-state index in [1.807, 2.05) is 27.7 Å². The Morgan fingerprint density at radius 3 is 1.96 bits per heavy atom. The fourth-order valence-corrected chi connectivity index (χ4v) is 3.45. The molecule has 0 aromatic carbocycles. The third-order valence-corrected chi connectivity index (χ3v) is 5.25. The highest BCUT2D eigenvalue weighted by Crippen LogP contribution is 2.40. The minimum atomic E-state index is -0.0500. The lowest BCUT2D eigenvalue weighted by Gasteiger charge is -2.51. The van der Waals surface area contributed by atoms with Crippen LogP contribution in [0.3, 0.4) is 0 Å². The molecule has 1 aliphatic heterocycles. The van der Waals surface area contributed by atoms with Gasteiger partial charge in [0.05, 0.1) is 6.10 Å². The zero-order valence-electron chi connectivity index (χ0n) is 16.9. The Labute approximate surface area is 145 Å². The zero-order chi connectivity index (χ0) is 18.0. The highest BCUT2D eigenvalue weighted by Gasteiger charge is 2.43. The van der Waals surface area contributed by atoms with Crippen molar-refractivity contribution in [1.29, 1.82) is 0 Å². The summed E-state index contributed by atoms with van der Waals surface area (Å²) in [6, 6.07) is 0.578. The van der Waals surface area contributed by atoms with Gasteiger partial charge in [-0.05, 0) is 52.4 Å². The average Bonchev–Trinajstić information content (AvgIpc) is 2.56. The van der Waals surface area contributed by atoms with Crippen molar-refractivity contribution in [1.82, 2.24) is 10.2 Å². The molecule has 4 heteroatoms. The molecule has 2 aliphatic rings. The second-order valence-electron chi connectivity index (χ2n) is 6.78. The van der Waals surface area contributed by atoms with Crippen molar-refractivity contribution in [3.8, 4) is 0 Å². The summed E-state index contributed by atoms with van der Waals surface area (Å²) in [5.74, 6) is 0.657. The molecule has 0 amide bonds. The standard InChI is InChI=1S/C15H30N2O2.2C2H6/c1-11(19-4)16-13-5-7-17(8-6-13)15(2,3)12-9-14(18)10-12;2*1-2/h11-14,16,18H,5-10H2,1-4H3;2*1-2H3. The van der Waals surface area contributed by atoms with Gasteiger partial charge in [-0.25, -0.2) is 0 Å². The van der Waals surface area contributed by atoms with Crippen LogP contribution in [-0.4, -0.2) is 54.1 Å². The van der Waals surface area contributed by atoms with Crippen LogP contribution >= 0.6 is 0 Å². The molecule has 1 atom stereocenters. The predicted molar refractivity (Wildman–Crippen MR) is 99.7 cm³/mol. The summed E-state index contributed by atoms with van der Waals surface area (Å²) >= 11 is 0. The summed E-state index contributed by atoms with van der Waals surface area (Å²) in [4.78, 5) is 2.61. The lowest BCUT2D eigenvalue weighted by Crippen LogP contribution is -2.58. The van der Waals surface area contributed by atoms with Crippen molar-refractivity contribution in [2.75, 3.05) is 20.2 Å². The van der Waals surface area contributed by atoms with Crippen molar-refractivity contribution in [3.63, 3.8) is 0 Å². The molecule has 2 rings (SSSR count). The smallest absolute Gasteiger partial charge is 0.105 e. The van der Waals surface area contributed by atoms with E-state index in [2.05, 4.69) is 31.0 Å². The molecule has 0 radical (unpaired) electrons. The largest absolute Gasteiger partial charge is 0.393 e. The molecule has 0 aromatic rings. The number of methoxy groups -OCH3 is 1. The lowest BCUT2D eigenvalue weighted by atomic mass is 9.69. The van der Waals surface area contributed by atoms with Gasteiger partial charge in [0.25, 0.3) is 0 Å². The fourth-order valence-electron chi connectivity index (χ4n) is 3.45. The van der Waals surface area contributed by atoms with Gasteiger partial charge in [0.1, 0.15) is 6.23 Å². The number of nitrogens with one attached hydrogen (secondary N) is 1. The molecule has 140 valence electrons. The zero-order valence-corrected chi connectivity index (χ0v) is 16.9. The highest BCUT2D eigenvalue weighted by molar-refractivity contribution is 4.98. The van der Waals surface area contributed by atoms with Crippen LogP contribution in [0, 0.1) is 5.92 Å². The van der Waals surface area contributed by atoms with E-state index < -0.39 is 0 Å². The van der Waals surface area contributed by atoms with Crippen molar-refractivity contribution in [3.05, 3.63) is 0 Å². The van der Waals surface area contributed by atoms with E-state index in [4.69, 9.17) is 4.74 Å². The van der Waals surface area contributed by atoms with Crippen LogP contribution in [0.2, 0.25) is 0 Å². The molecule has 2 N–H and O–H groups in total. The number of hydrogen-bond donors (Lipinski definition) is 2. The molecule has 1 aliphatic carbocycles. The maximum atomic E-state index is 9.51. The number of aliphatic hydroxyl groups is 1. The minimum Gasteiger partial charge on any atom is -0.393 e. The number of aliphatic hydroxyl groups excluding tert-OH is 1. The van der Waals surface area contributed by atoms with Crippen LogP contribution in [0.1, 0.15) is 74.1 Å². The number of nitrogens with zero attached hydrogens (tertiary/aromatic N) is 1. The van der Waals surface area contributed by atoms with E-state index in [9.17, 15) is 5.11 Å². The van der Waals surface area contributed by atoms with Gasteiger partial charge in [0.15, 0.2) is 0 Å². The first-order valence-electron chi connectivity index (χ1n) is 9.65. The molecule has 4 nitrogen and oxygen atoms in total. The number of piperidine rings is 1. The Morgan fingerprint density at radius 1 is 1.09 bits per heavy atom. The Bertz CT molecular complexity index is 283. The van der Waals surface area contributed by atoms with Crippen LogP contribution < -0.4 is 5.32 Å². The van der Waals surface area contributed by atoms with Crippen molar-refractivity contribution in [2.45, 2.75) is 98.1 Å². The summed E-state index contributed by atoms with van der Waals surface area (Å²) in [6.07, 6.45) is 4.42. The van der Waals surface area contributed by atoms with Crippen molar-refractivity contribution >= 4 is 0 Å². The first kappa shape index (κ1) is 22.8. The van der Waals surface area contributed by atoms with Gasteiger partial charge in [-0.2, -0.15) is 0 Å². The van der Waals surface area contributed by atoms with Crippen LogP contribution in [0.5, 0.6) is 0 Å². The first-order chi connectivity index (χ1) is 10.9.